The van der Waals surface area contributed by atoms with E-state index >= 15 is 0 Å². The molecular weight excluding hydrogens is 348 g/mol. The van der Waals surface area contributed by atoms with Gasteiger partial charge in [-0.3, -0.25) is 14.5 Å². The van der Waals surface area contributed by atoms with Gasteiger partial charge in [-0.25, -0.2) is 4.79 Å². The van der Waals surface area contributed by atoms with Gasteiger partial charge in [0.05, 0.1) is 15.8 Å². The summed E-state index contributed by atoms with van der Waals surface area (Å²) in [4.78, 5) is 39.1. The normalized spacial score (nSPS) is 22.1. The standard InChI is InChI=1S/C17H13ClN2O3S/c18-14-6-5-13(24-14)12(21)9-20-15(22)17(19-16(20)23)8-7-10-3-1-2-4-11(10)17/h1-6H,7-9H2,(H,19,23)/t17-/m0/s1. The molecule has 1 saturated heterocycles. The van der Waals surface area contributed by atoms with E-state index in [9.17, 15) is 14.4 Å². The molecule has 2 aromatic rings. The Kier molecular flexibility index (Phi) is 3.47. The first-order valence-electron chi connectivity index (χ1n) is 7.52. The van der Waals surface area contributed by atoms with Crippen LogP contribution >= 0.6 is 22.9 Å². The molecule has 0 bridgehead atoms. The van der Waals surface area contributed by atoms with Crippen LogP contribution in [0.5, 0.6) is 0 Å². The number of hydrogen-bond donors (Lipinski definition) is 1. The number of benzene rings is 1. The first kappa shape index (κ1) is 15.4. The number of aryl methyl sites for hydroxylation is 1. The summed E-state index contributed by atoms with van der Waals surface area (Å²) < 4.78 is 0.497. The molecule has 1 aliphatic heterocycles. The lowest BCUT2D eigenvalue weighted by Crippen LogP contribution is -2.42. The molecule has 1 aliphatic carbocycles. The zero-order chi connectivity index (χ0) is 16.9. The third kappa shape index (κ3) is 2.17. The first-order chi connectivity index (χ1) is 11.5. The Morgan fingerprint density at radius 3 is 2.79 bits per heavy atom. The van der Waals surface area contributed by atoms with E-state index in [2.05, 4.69) is 5.32 Å². The van der Waals surface area contributed by atoms with Gasteiger partial charge in [0.25, 0.3) is 5.91 Å². The molecule has 122 valence electrons. The molecule has 0 radical (unpaired) electrons. The van der Waals surface area contributed by atoms with Crippen molar-refractivity contribution >= 4 is 40.7 Å². The molecule has 5 nitrogen and oxygen atoms in total. The maximum absolute atomic E-state index is 12.9. The van der Waals surface area contributed by atoms with Crippen LogP contribution in [0.25, 0.3) is 0 Å². The molecule has 24 heavy (non-hydrogen) atoms. The van der Waals surface area contributed by atoms with Crippen molar-refractivity contribution in [2.45, 2.75) is 18.4 Å². The maximum Gasteiger partial charge on any atom is 0.325 e. The molecule has 1 aromatic heterocycles. The van der Waals surface area contributed by atoms with Crippen LogP contribution in [-0.4, -0.2) is 29.2 Å². The van der Waals surface area contributed by atoms with Gasteiger partial charge in [0, 0.05) is 0 Å². The molecule has 2 aliphatic rings. The van der Waals surface area contributed by atoms with Crippen molar-refractivity contribution in [3.8, 4) is 0 Å². The van der Waals surface area contributed by atoms with Gasteiger partial charge < -0.3 is 5.32 Å². The van der Waals surface area contributed by atoms with Crippen molar-refractivity contribution in [3.63, 3.8) is 0 Å². The Morgan fingerprint density at radius 2 is 2.04 bits per heavy atom. The van der Waals surface area contributed by atoms with Crippen LogP contribution in [-0.2, 0) is 16.8 Å². The monoisotopic (exact) mass is 360 g/mol. The molecule has 3 amide bonds. The van der Waals surface area contributed by atoms with Crippen molar-refractivity contribution in [2.24, 2.45) is 0 Å². The fourth-order valence-corrected chi connectivity index (χ4v) is 4.39. The number of rotatable bonds is 3. The Hall–Kier alpha value is -2.18. The molecule has 0 saturated carbocycles. The van der Waals surface area contributed by atoms with E-state index in [1.807, 2.05) is 24.3 Å². The summed E-state index contributed by atoms with van der Waals surface area (Å²) in [5, 5.41) is 2.81. The average Bonchev–Trinajstić information content (AvgIpc) is 3.22. The molecule has 1 fully saturated rings. The van der Waals surface area contributed by atoms with Gasteiger partial charge in [-0.15, -0.1) is 11.3 Å². The zero-order valence-corrected chi connectivity index (χ0v) is 14.1. The molecule has 1 N–H and O–H groups in total. The lowest BCUT2D eigenvalue weighted by molar-refractivity contribution is -0.131. The highest BCUT2D eigenvalue weighted by Gasteiger charge is 2.55. The molecule has 1 aromatic carbocycles. The number of Topliss-reactive ketones (excluding diaryl/α,β-unsaturated/α-hetero) is 1. The Labute approximate surface area is 147 Å². The van der Waals surface area contributed by atoms with E-state index in [4.69, 9.17) is 11.6 Å². The number of carbonyl (C=O) groups is 3. The van der Waals surface area contributed by atoms with E-state index in [0.717, 1.165) is 33.8 Å². The van der Waals surface area contributed by atoms with Crippen LogP contribution in [0.4, 0.5) is 4.79 Å². The summed E-state index contributed by atoms with van der Waals surface area (Å²) in [5.74, 6) is -0.646. The summed E-state index contributed by atoms with van der Waals surface area (Å²) >= 11 is 6.98. The maximum atomic E-state index is 12.9. The van der Waals surface area contributed by atoms with Gasteiger partial charge in [0.15, 0.2) is 5.78 Å². The molecular formula is C17H13ClN2O3S. The Balaban J connectivity index is 1.62. The topological polar surface area (TPSA) is 66.5 Å². The number of imide groups is 1. The van der Waals surface area contributed by atoms with Crippen molar-refractivity contribution < 1.29 is 14.4 Å². The third-order valence-corrected chi connectivity index (χ3v) is 5.84. The number of ketones is 1. The predicted molar refractivity (Wildman–Crippen MR) is 90.3 cm³/mol. The highest BCUT2D eigenvalue weighted by Crippen LogP contribution is 2.41. The van der Waals surface area contributed by atoms with Gasteiger partial charge in [0.1, 0.15) is 5.54 Å². The van der Waals surface area contributed by atoms with Crippen LogP contribution < -0.4 is 5.32 Å². The van der Waals surface area contributed by atoms with Crippen molar-refractivity contribution in [2.75, 3.05) is 6.54 Å². The number of amides is 3. The smallest absolute Gasteiger partial charge is 0.319 e. The highest BCUT2D eigenvalue weighted by atomic mass is 35.5. The van der Waals surface area contributed by atoms with Crippen LogP contribution in [0, 0.1) is 0 Å². The number of carbonyl (C=O) groups excluding carboxylic acids is 3. The molecule has 1 atom stereocenters. The van der Waals surface area contributed by atoms with Crippen molar-refractivity contribution in [1.29, 1.82) is 0 Å². The number of hydrogen-bond acceptors (Lipinski definition) is 4. The van der Waals surface area contributed by atoms with Gasteiger partial charge in [-0.2, -0.15) is 0 Å². The minimum Gasteiger partial charge on any atom is -0.319 e. The minimum absolute atomic E-state index is 0.272. The second kappa shape index (κ2) is 5.43. The summed E-state index contributed by atoms with van der Waals surface area (Å²) in [6, 6.07) is 10.3. The highest BCUT2D eigenvalue weighted by molar-refractivity contribution is 7.18. The van der Waals surface area contributed by atoms with Crippen molar-refractivity contribution in [1.82, 2.24) is 10.2 Å². The lowest BCUT2D eigenvalue weighted by Gasteiger charge is -2.22. The number of fused-ring (bicyclic) bond motifs is 2. The minimum atomic E-state index is -1.03. The second-order valence-corrected chi connectivity index (χ2v) is 7.63. The average molecular weight is 361 g/mol. The SMILES string of the molecule is O=C(CN1C(=O)N[C@]2(CCc3ccccc32)C1=O)c1ccc(Cl)s1. The van der Waals surface area contributed by atoms with E-state index in [1.165, 1.54) is 0 Å². The van der Waals surface area contributed by atoms with Crippen LogP contribution in [0.3, 0.4) is 0 Å². The van der Waals surface area contributed by atoms with E-state index < -0.39 is 11.6 Å². The third-order valence-electron chi connectivity index (χ3n) is 4.57. The summed E-state index contributed by atoms with van der Waals surface area (Å²) in [6.07, 6.45) is 1.25. The van der Waals surface area contributed by atoms with E-state index in [1.54, 1.807) is 12.1 Å². The van der Waals surface area contributed by atoms with Gasteiger partial charge in [-0.1, -0.05) is 35.9 Å². The van der Waals surface area contributed by atoms with Crippen LogP contribution in [0.1, 0.15) is 27.2 Å². The fourth-order valence-electron chi connectivity index (χ4n) is 3.42. The first-order valence-corrected chi connectivity index (χ1v) is 8.72. The zero-order valence-electron chi connectivity index (χ0n) is 12.5. The number of thiophene rings is 1. The largest absolute Gasteiger partial charge is 0.325 e. The molecule has 1 spiro atoms. The molecule has 0 unspecified atom stereocenters. The Bertz CT molecular complexity index is 878. The second-order valence-electron chi connectivity index (χ2n) is 5.91. The molecule has 4 rings (SSSR count). The lowest BCUT2D eigenvalue weighted by atomic mass is 9.92. The number of urea groups is 1. The van der Waals surface area contributed by atoms with E-state index in [-0.39, 0.29) is 18.2 Å². The predicted octanol–water partition coefficient (Wildman–Crippen LogP) is 2.98. The van der Waals surface area contributed by atoms with Gasteiger partial charge in [-0.05, 0) is 36.1 Å². The number of nitrogens with zero attached hydrogens (tertiary/aromatic N) is 1. The quantitative estimate of drug-likeness (QED) is 0.676. The summed E-state index contributed by atoms with van der Waals surface area (Å²) in [6.45, 7) is -0.272. The fraction of sp³-hybridized carbons (Fsp3) is 0.235. The van der Waals surface area contributed by atoms with Crippen LogP contribution in [0.2, 0.25) is 4.34 Å². The van der Waals surface area contributed by atoms with Crippen molar-refractivity contribution in [3.05, 3.63) is 56.7 Å². The number of halogens is 1. The Morgan fingerprint density at radius 1 is 1.25 bits per heavy atom. The van der Waals surface area contributed by atoms with Gasteiger partial charge in [0.2, 0.25) is 0 Å². The molecule has 7 heteroatoms. The summed E-state index contributed by atoms with van der Waals surface area (Å²) in [7, 11) is 0. The van der Waals surface area contributed by atoms with E-state index in [0.29, 0.717) is 15.6 Å². The van der Waals surface area contributed by atoms with Gasteiger partial charge >= 0.3 is 6.03 Å². The summed E-state index contributed by atoms with van der Waals surface area (Å²) in [5.41, 5.74) is 0.864. The van der Waals surface area contributed by atoms with Crippen LogP contribution in [0.15, 0.2) is 36.4 Å². The molecule has 2 heterocycles. The number of nitrogens with one attached hydrogen (secondary N) is 1.